The van der Waals surface area contributed by atoms with Crippen molar-refractivity contribution in [2.24, 2.45) is 5.92 Å². The predicted octanol–water partition coefficient (Wildman–Crippen LogP) is 5.45. The molecule has 2 aromatic carbocycles. The number of benzene rings is 2. The van der Waals surface area contributed by atoms with Crippen LogP contribution in [0.2, 0.25) is 0 Å². The second kappa shape index (κ2) is 9.46. The van der Waals surface area contributed by atoms with Crippen molar-refractivity contribution in [3.63, 3.8) is 0 Å². The number of hydrogen-bond donors (Lipinski definition) is 1. The fourth-order valence-corrected chi connectivity index (χ4v) is 4.04. The third-order valence-corrected chi connectivity index (χ3v) is 5.59. The van der Waals surface area contributed by atoms with E-state index in [0.29, 0.717) is 18.2 Å². The summed E-state index contributed by atoms with van der Waals surface area (Å²) in [5, 5.41) is 3.01. The number of hydrogen-bond acceptors (Lipinski definition) is 3. The van der Waals surface area contributed by atoms with Gasteiger partial charge in [-0.3, -0.25) is 4.79 Å². The molecule has 29 heavy (non-hydrogen) atoms. The van der Waals surface area contributed by atoms with Crippen LogP contribution < -0.4 is 5.32 Å². The molecule has 4 nitrogen and oxygen atoms in total. The van der Waals surface area contributed by atoms with E-state index in [2.05, 4.69) is 10.3 Å². The van der Waals surface area contributed by atoms with E-state index >= 15 is 0 Å². The van der Waals surface area contributed by atoms with Gasteiger partial charge in [-0.2, -0.15) is 0 Å². The molecule has 0 radical (unpaired) electrons. The Morgan fingerprint density at radius 2 is 1.62 bits per heavy atom. The number of carbonyl (C=O) groups is 1. The molecule has 0 bridgehead atoms. The van der Waals surface area contributed by atoms with E-state index in [-0.39, 0.29) is 5.91 Å². The van der Waals surface area contributed by atoms with Crippen molar-refractivity contribution in [2.45, 2.75) is 44.9 Å². The minimum absolute atomic E-state index is 0.0529. The van der Waals surface area contributed by atoms with Gasteiger partial charge in [0, 0.05) is 5.56 Å². The summed E-state index contributed by atoms with van der Waals surface area (Å²) in [5.74, 6) is 1.17. The van der Waals surface area contributed by atoms with E-state index in [1.54, 1.807) is 6.20 Å². The lowest BCUT2D eigenvalue weighted by Crippen LogP contribution is -2.19. The fraction of sp³-hybridized carbons (Fsp3) is 0.320. The summed E-state index contributed by atoms with van der Waals surface area (Å²) in [6.45, 7) is 0. The van der Waals surface area contributed by atoms with Crippen LogP contribution in [0.1, 0.15) is 43.4 Å². The van der Waals surface area contributed by atoms with Gasteiger partial charge in [-0.05, 0) is 17.9 Å². The standard InChI is InChI=1S/C25H27N3O/c29-24(17-20-12-6-2-7-13-20)28-25-22(16-19-10-4-1-5-11-19)27-23(18-26-25)21-14-8-3-9-15-21/h2-3,6-9,12-15,18-19H,1,4-5,10-11,16-17H2,(H,26,28,29). The van der Waals surface area contributed by atoms with Gasteiger partial charge in [-0.15, -0.1) is 0 Å². The highest BCUT2D eigenvalue weighted by atomic mass is 16.1. The van der Waals surface area contributed by atoms with E-state index in [1.807, 2.05) is 60.7 Å². The lowest BCUT2D eigenvalue weighted by Gasteiger charge is -2.22. The molecule has 1 heterocycles. The molecule has 1 saturated carbocycles. The van der Waals surface area contributed by atoms with Crippen LogP contribution in [0, 0.1) is 5.92 Å². The van der Waals surface area contributed by atoms with Crippen molar-refractivity contribution in [1.29, 1.82) is 0 Å². The van der Waals surface area contributed by atoms with Crippen LogP contribution in [0.25, 0.3) is 11.3 Å². The van der Waals surface area contributed by atoms with Crippen LogP contribution in [-0.2, 0) is 17.6 Å². The van der Waals surface area contributed by atoms with Crippen molar-refractivity contribution in [3.8, 4) is 11.3 Å². The van der Waals surface area contributed by atoms with Crippen LogP contribution in [0.3, 0.4) is 0 Å². The van der Waals surface area contributed by atoms with E-state index in [9.17, 15) is 4.79 Å². The van der Waals surface area contributed by atoms with Crippen LogP contribution in [0.15, 0.2) is 66.9 Å². The van der Waals surface area contributed by atoms with Crippen molar-refractivity contribution in [1.82, 2.24) is 9.97 Å². The number of carbonyl (C=O) groups excluding carboxylic acids is 1. The fourth-order valence-electron chi connectivity index (χ4n) is 4.04. The highest BCUT2D eigenvalue weighted by Crippen LogP contribution is 2.29. The maximum atomic E-state index is 12.6. The van der Waals surface area contributed by atoms with Crippen molar-refractivity contribution < 1.29 is 4.79 Å². The lowest BCUT2D eigenvalue weighted by molar-refractivity contribution is -0.115. The average Bonchev–Trinajstić information content (AvgIpc) is 2.77. The van der Waals surface area contributed by atoms with E-state index in [0.717, 1.165) is 28.9 Å². The Bertz CT molecular complexity index is 935. The third-order valence-electron chi connectivity index (χ3n) is 5.59. The first-order valence-corrected chi connectivity index (χ1v) is 10.5. The molecule has 0 saturated heterocycles. The average molecular weight is 386 g/mol. The van der Waals surface area contributed by atoms with E-state index in [1.165, 1.54) is 32.1 Å². The molecule has 1 fully saturated rings. The van der Waals surface area contributed by atoms with Gasteiger partial charge in [0.05, 0.1) is 24.0 Å². The topological polar surface area (TPSA) is 54.9 Å². The van der Waals surface area contributed by atoms with Crippen molar-refractivity contribution in [2.75, 3.05) is 5.32 Å². The summed E-state index contributed by atoms with van der Waals surface area (Å²) in [4.78, 5) is 22.1. The Morgan fingerprint density at radius 3 is 2.34 bits per heavy atom. The molecule has 1 amide bonds. The quantitative estimate of drug-likeness (QED) is 0.614. The summed E-state index contributed by atoms with van der Waals surface area (Å²) in [6.07, 6.45) is 9.33. The molecule has 3 aromatic rings. The summed E-state index contributed by atoms with van der Waals surface area (Å²) >= 11 is 0. The number of rotatable bonds is 6. The number of aromatic nitrogens is 2. The van der Waals surface area contributed by atoms with Crippen molar-refractivity contribution >= 4 is 11.7 Å². The molecule has 0 atom stereocenters. The maximum Gasteiger partial charge on any atom is 0.229 e. The molecule has 148 valence electrons. The number of anilines is 1. The van der Waals surface area contributed by atoms with Gasteiger partial charge in [0.1, 0.15) is 0 Å². The van der Waals surface area contributed by atoms with Crippen LogP contribution in [0.4, 0.5) is 5.82 Å². The molecule has 1 aliphatic carbocycles. The summed E-state index contributed by atoms with van der Waals surface area (Å²) in [7, 11) is 0. The van der Waals surface area contributed by atoms with E-state index in [4.69, 9.17) is 4.98 Å². The monoisotopic (exact) mass is 385 g/mol. The summed E-state index contributed by atoms with van der Waals surface area (Å²) in [6, 6.07) is 19.9. The van der Waals surface area contributed by atoms with Gasteiger partial charge in [0.25, 0.3) is 0 Å². The number of amides is 1. The third kappa shape index (κ3) is 5.29. The normalized spacial score (nSPS) is 14.5. The second-order valence-electron chi connectivity index (χ2n) is 7.84. The first-order chi connectivity index (χ1) is 14.3. The smallest absolute Gasteiger partial charge is 0.229 e. The van der Waals surface area contributed by atoms with Gasteiger partial charge in [-0.1, -0.05) is 92.8 Å². The SMILES string of the molecule is O=C(Cc1ccccc1)Nc1ncc(-c2ccccc2)nc1CC1CCCCC1. The lowest BCUT2D eigenvalue weighted by atomic mass is 9.86. The number of nitrogens with one attached hydrogen (secondary N) is 1. The molecule has 0 aliphatic heterocycles. The largest absolute Gasteiger partial charge is 0.309 e. The Labute approximate surface area is 172 Å². The molecular weight excluding hydrogens is 358 g/mol. The zero-order valence-corrected chi connectivity index (χ0v) is 16.7. The molecule has 0 unspecified atom stereocenters. The van der Waals surface area contributed by atoms with Crippen molar-refractivity contribution in [3.05, 3.63) is 78.1 Å². The van der Waals surface area contributed by atoms with Gasteiger partial charge in [-0.25, -0.2) is 9.97 Å². The first kappa shape index (κ1) is 19.3. The van der Waals surface area contributed by atoms with Crippen LogP contribution in [-0.4, -0.2) is 15.9 Å². The first-order valence-electron chi connectivity index (χ1n) is 10.5. The molecule has 1 aromatic heterocycles. The molecule has 1 N–H and O–H groups in total. The Morgan fingerprint density at radius 1 is 0.931 bits per heavy atom. The van der Waals surface area contributed by atoms with Crippen LogP contribution >= 0.6 is 0 Å². The van der Waals surface area contributed by atoms with Crippen LogP contribution in [0.5, 0.6) is 0 Å². The minimum Gasteiger partial charge on any atom is -0.309 e. The Balaban J connectivity index is 1.56. The Kier molecular flexibility index (Phi) is 6.30. The maximum absolute atomic E-state index is 12.6. The number of nitrogens with zero attached hydrogens (tertiary/aromatic N) is 2. The zero-order valence-electron chi connectivity index (χ0n) is 16.7. The minimum atomic E-state index is -0.0529. The van der Waals surface area contributed by atoms with Gasteiger partial charge in [0.2, 0.25) is 5.91 Å². The van der Waals surface area contributed by atoms with Gasteiger partial charge < -0.3 is 5.32 Å². The predicted molar refractivity (Wildman–Crippen MR) is 117 cm³/mol. The Hall–Kier alpha value is -3.01. The highest BCUT2D eigenvalue weighted by Gasteiger charge is 2.19. The molecule has 0 spiro atoms. The second-order valence-corrected chi connectivity index (χ2v) is 7.84. The molecule has 4 heteroatoms. The van der Waals surface area contributed by atoms with Gasteiger partial charge in [0.15, 0.2) is 5.82 Å². The molecular formula is C25H27N3O. The molecule has 1 aliphatic rings. The molecule has 4 rings (SSSR count). The van der Waals surface area contributed by atoms with Gasteiger partial charge >= 0.3 is 0 Å². The summed E-state index contributed by atoms with van der Waals surface area (Å²) < 4.78 is 0. The summed E-state index contributed by atoms with van der Waals surface area (Å²) in [5.41, 5.74) is 3.80. The highest BCUT2D eigenvalue weighted by molar-refractivity contribution is 5.91. The zero-order chi connectivity index (χ0) is 19.9. The van der Waals surface area contributed by atoms with E-state index < -0.39 is 0 Å².